The summed E-state index contributed by atoms with van der Waals surface area (Å²) in [6.45, 7) is 0. The van der Waals surface area contributed by atoms with Crippen LogP contribution in [0.4, 0.5) is 30.9 Å². The first-order chi connectivity index (χ1) is 19.5. The monoisotopic (exact) mass is 733 g/mol. The number of halogens is 6. The van der Waals surface area contributed by atoms with E-state index in [4.69, 9.17) is 0 Å². The zero-order valence-corrected chi connectivity index (χ0v) is 24.3. The zero-order valence-electron chi connectivity index (χ0n) is 21.7. The van der Waals surface area contributed by atoms with Gasteiger partial charge in [-0.2, -0.15) is 0 Å². The molecule has 12 nitrogen and oxygen atoms in total. The summed E-state index contributed by atoms with van der Waals surface area (Å²) in [5.41, 5.74) is 0.790. The molecule has 5 rings (SSSR count). The molecule has 0 bridgehead atoms. The van der Waals surface area contributed by atoms with Crippen LogP contribution in [0.25, 0.3) is 22.8 Å². The molecule has 0 fully saturated rings. The van der Waals surface area contributed by atoms with Crippen LogP contribution in [0, 0.1) is 4.91 Å². The fraction of sp³-hybridized carbons (Fsp3) is 0. The predicted molar refractivity (Wildman–Crippen MR) is 145 cm³/mol. The van der Waals surface area contributed by atoms with Crippen molar-refractivity contribution in [2.24, 2.45) is 5.18 Å². The van der Waals surface area contributed by atoms with Crippen molar-refractivity contribution in [3.8, 4) is 28.7 Å². The maximum Gasteiger partial charge on any atom is 2.00 e. The van der Waals surface area contributed by atoms with Crippen molar-refractivity contribution in [2.75, 3.05) is 0 Å². The number of nitrogens with one attached hydrogen (secondary N) is 2. The third-order valence-electron chi connectivity index (χ3n) is 4.16. The van der Waals surface area contributed by atoms with Crippen LogP contribution in [0.2, 0.25) is 0 Å². The van der Waals surface area contributed by atoms with E-state index >= 15 is 0 Å². The van der Waals surface area contributed by atoms with Gasteiger partial charge in [-0.15, -0.1) is 4.91 Å². The molecule has 0 aliphatic carbocycles. The van der Waals surface area contributed by atoms with Crippen molar-refractivity contribution in [1.82, 2.24) is 29.9 Å². The molecule has 0 saturated carbocycles. The van der Waals surface area contributed by atoms with Crippen LogP contribution in [0.5, 0.6) is 5.88 Å². The molecule has 0 saturated heterocycles. The summed E-state index contributed by atoms with van der Waals surface area (Å²) in [7, 11) is -10.7. The van der Waals surface area contributed by atoms with Gasteiger partial charge >= 0.3 is 58.2 Å². The Bertz CT molecular complexity index is 1530. The van der Waals surface area contributed by atoms with E-state index in [0.29, 0.717) is 0 Å². The number of aromatic amines is 2. The SMILES string of the molecule is F[P-](F)(F)(F)(F)F.O.O=Nc1c([O-])[nH]c(=O)[nH]c1=O.[Ru+2].c1ccc(-c2ccccn2)nc1.c1ccc(-c2ccccn2)nc1. The van der Waals surface area contributed by atoms with Crippen molar-refractivity contribution in [3.05, 3.63) is 123 Å². The number of rotatable bonds is 3. The molecular weight excluding hydrogens is 712 g/mol. The summed E-state index contributed by atoms with van der Waals surface area (Å²) < 4.78 is 59.2. The van der Waals surface area contributed by atoms with E-state index in [1.165, 1.54) is 0 Å². The predicted octanol–water partition coefficient (Wildman–Crippen LogP) is 5.38. The Hall–Kier alpha value is -4.73. The molecule has 236 valence electrons. The van der Waals surface area contributed by atoms with Gasteiger partial charge in [0.2, 0.25) is 0 Å². The standard InChI is InChI=1S/2C10H8N2.C4H3N3O4.F6P.H2O.Ru/c2*1-3-7-11-9(5-1)10-6-2-4-8-12-10;8-2-1(7-11)3(9)6-4(10)5-2;1-7(2,3,4,5)6;;/h2*1-8H;(H3,5,6,8,9,10);;1H2;/q;;;-1;;+2/p-1. The average Bonchev–Trinajstić information content (AvgIpc) is 2.94. The van der Waals surface area contributed by atoms with Crippen LogP contribution < -0.4 is 16.4 Å². The van der Waals surface area contributed by atoms with E-state index in [1.807, 2.05) is 72.8 Å². The number of hydrogen-bond acceptors (Lipinski definition) is 9. The minimum Gasteiger partial charge on any atom is -0.858 e. The van der Waals surface area contributed by atoms with E-state index in [-0.39, 0.29) is 25.0 Å². The van der Waals surface area contributed by atoms with E-state index in [0.717, 1.165) is 22.8 Å². The molecule has 20 heteroatoms. The van der Waals surface area contributed by atoms with Gasteiger partial charge in [-0.25, -0.2) is 4.79 Å². The zero-order chi connectivity index (χ0) is 31.3. The topological polar surface area (TPSA) is 201 Å². The van der Waals surface area contributed by atoms with E-state index < -0.39 is 30.6 Å². The van der Waals surface area contributed by atoms with Gasteiger partial charge in [-0.05, 0) is 53.7 Å². The maximum absolute atomic E-state index is 10.7. The van der Waals surface area contributed by atoms with Gasteiger partial charge in [-0.1, -0.05) is 24.3 Å². The van der Waals surface area contributed by atoms with Crippen LogP contribution in [0.3, 0.4) is 0 Å². The van der Waals surface area contributed by atoms with Gasteiger partial charge in [0.05, 0.1) is 22.8 Å². The molecule has 5 heterocycles. The molecule has 0 atom stereocenters. The van der Waals surface area contributed by atoms with Gasteiger partial charge in [0.15, 0.2) is 5.69 Å². The molecule has 5 aromatic heterocycles. The van der Waals surface area contributed by atoms with Crippen LogP contribution in [-0.2, 0) is 19.5 Å². The average molecular weight is 732 g/mol. The summed E-state index contributed by atoms with van der Waals surface area (Å²) >= 11 is 0. The molecule has 0 unspecified atom stereocenters. The van der Waals surface area contributed by atoms with Gasteiger partial charge in [0.1, 0.15) is 0 Å². The number of hydrogen-bond donors (Lipinski definition) is 2. The second-order valence-corrected chi connectivity index (χ2v) is 9.41. The second-order valence-electron chi connectivity index (χ2n) is 7.50. The largest absolute Gasteiger partial charge is 2.00 e. The third-order valence-corrected chi connectivity index (χ3v) is 4.16. The fourth-order valence-corrected chi connectivity index (χ4v) is 2.60. The number of H-pyrrole nitrogens is 2. The Morgan fingerprint density at radius 1 is 0.614 bits per heavy atom. The van der Waals surface area contributed by atoms with Crippen LogP contribution in [0.15, 0.2) is 112 Å². The summed E-state index contributed by atoms with van der Waals surface area (Å²) in [4.78, 5) is 50.7. The molecule has 0 radical (unpaired) electrons. The maximum atomic E-state index is 10.5. The van der Waals surface area contributed by atoms with Gasteiger partial charge in [0, 0.05) is 30.7 Å². The van der Waals surface area contributed by atoms with Crippen LogP contribution in [0.1, 0.15) is 0 Å². The number of nitrogens with zero attached hydrogens (tertiary/aromatic N) is 5. The first-order valence-electron chi connectivity index (χ1n) is 11.1. The van der Waals surface area contributed by atoms with Gasteiger partial charge in [0.25, 0.3) is 5.56 Å². The quantitative estimate of drug-likeness (QED) is 0.107. The summed E-state index contributed by atoms with van der Waals surface area (Å²) in [5, 5.41) is 12.7. The van der Waals surface area contributed by atoms with Crippen molar-refractivity contribution in [2.45, 2.75) is 0 Å². The van der Waals surface area contributed by atoms with Crippen LogP contribution in [-0.4, -0.2) is 35.4 Å². The normalized spacial score (nSPS) is 11.3. The molecule has 0 aromatic carbocycles. The summed E-state index contributed by atoms with van der Waals surface area (Å²) in [6, 6.07) is 23.2. The minimum atomic E-state index is -10.7. The van der Waals surface area contributed by atoms with Crippen LogP contribution >= 0.6 is 7.81 Å². The first-order valence-corrected chi connectivity index (χ1v) is 13.1. The fourth-order valence-electron chi connectivity index (χ4n) is 2.60. The summed E-state index contributed by atoms with van der Waals surface area (Å²) in [5.74, 6) is -1.08. The molecule has 0 amide bonds. The molecule has 44 heavy (non-hydrogen) atoms. The number of nitroso groups, excluding NO2 is 1. The first kappa shape index (κ1) is 39.3. The smallest absolute Gasteiger partial charge is 0.858 e. The third kappa shape index (κ3) is 17.3. The number of aromatic nitrogens is 6. The Labute approximate surface area is 255 Å². The minimum absolute atomic E-state index is 0. The number of pyridine rings is 4. The van der Waals surface area contributed by atoms with Gasteiger partial charge in [-0.3, -0.25) is 29.7 Å². The Balaban J connectivity index is 0.000000562. The molecule has 0 aliphatic heterocycles. The Morgan fingerprint density at radius 3 is 1.11 bits per heavy atom. The molecule has 5 aromatic rings. The molecule has 4 N–H and O–H groups in total. The molecule has 0 aliphatic rings. The van der Waals surface area contributed by atoms with Gasteiger partial charge < -0.3 is 15.6 Å². The Morgan fingerprint density at radius 2 is 0.909 bits per heavy atom. The van der Waals surface area contributed by atoms with E-state index in [1.54, 1.807) is 34.8 Å². The Kier molecular flexibility index (Phi) is 14.5. The molecular formula is C24H20F6N7O5PRu. The van der Waals surface area contributed by atoms with Crippen molar-refractivity contribution >= 4 is 13.5 Å². The van der Waals surface area contributed by atoms with Crippen molar-refractivity contribution < 1.29 is 55.2 Å². The van der Waals surface area contributed by atoms with E-state index in [9.17, 15) is 44.8 Å². The molecule has 0 spiro atoms. The van der Waals surface area contributed by atoms with E-state index in [2.05, 4.69) is 25.1 Å². The summed E-state index contributed by atoms with van der Waals surface area (Å²) in [6.07, 6.45) is 7.07. The van der Waals surface area contributed by atoms with Crippen molar-refractivity contribution in [3.63, 3.8) is 0 Å². The van der Waals surface area contributed by atoms with Crippen molar-refractivity contribution in [1.29, 1.82) is 0 Å². The second kappa shape index (κ2) is 16.2.